The molecule has 2 amide bonds. The highest BCUT2D eigenvalue weighted by Gasteiger charge is 2.41. The lowest BCUT2D eigenvalue weighted by Crippen LogP contribution is -2.41. The summed E-state index contributed by atoms with van der Waals surface area (Å²) in [6, 6.07) is 10.5. The first kappa shape index (κ1) is 21.3. The average molecular weight is 422 g/mol. The van der Waals surface area contributed by atoms with E-state index >= 15 is 0 Å². The Bertz CT molecular complexity index is 1010. The molecule has 1 aromatic carbocycles. The van der Waals surface area contributed by atoms with Crippen LogP contribution in [0.1, 0.15) is 64.5 Å². The molecule has 0 saturated carbocycles. The van der Waals surface area contributed by atoms with Crippen molar-refractivity contribution in [3.05, 3.63) is 47.7 Å². The number of piperidine rings is 1. The van der Waals surface area contributed by atoms with Crippen LogP contribution in [0.15, 0.2) is 36.5 Å². The Morgan fingerprint density at radius 3 is 2.58 bits per heavy atom. The van der Waals surface area contributed by atoms with Crippen molar-refractivity contribution in [2.75, 3.05) is 18.4 Å². The molecule has 0 unspecified atom stereocenters. The summed E-state index contributed by atoms with van der Waals surface area (Å²) in [5.74, 6) is 1.03. The molecule has 31 heavy (non-hydrogen) atoms. The van der Waals surface area contributed by atoms with Gasteiger partial charge in [0.15, 0.2) is 0 Å². The van der Waals surface area contributed by atoms with E-state index in [1.807, 2.05) is 40.7 Å². The monoisotopic (exact) mass is 421 g/mol. The molecule has 0 aliphatic carbocycles. The van der Waals surface area contributed by atoms with Crippen molar-refractivity contribution in [1.82, 2.24) is 9.88 Å². The number of nitrogens with zero attached hydrogens (tertiary/aromatic N) is 2. The van der Waals surface area contributed by atoms with E-state index in [0.29, 0.717) is 24.8 Å². The Labute approximate surface area is 184 Å². The van der Waals surface area contributed by atoms with Crippen LogP contribution < -0.4 is 5.32 Å². The molecule has 2 aromatic rings. The molecule has 1 fully saturated rings. The lowest BCUT2D eigenvalue weighted by molar-refractivity contribution is -0.119. The number of hydrogen-bond acceptors (Lipinski definition) is 4. The van der Waals surface area contributed by atoms with Crippen LogP contribution in [0.2, 0.25) is 0 Å². The van der Waals surface area contributed by atoms with Crippen LogP contribution >= 0.6 is 0 Å². The fraction of sp³-hybridized carbons (Fsp3) is 0.480. The van der Waals surface area contributed by atoms with Gasteiger partial charge < -0.3 is 15.0 Å². The summed E-state index contributed by atoms with van der Waals surface area (Å²) in [5, 5.41) is 2.91. The highest BCUT2D eigenvalue weighted by molar-refractivity contribution is 6.06. The number of carbonyl (C=O) groups excluding carboxylic acids is 2. The third kappa shape index (κ3) is 4.16. The standard InChI is InChI=1S/C25H31N3O3/c1-24(2,3)31-23(30)28-13-10-16(11-14-28)17-7-6-8-18(15-17)19-9-12-26-21-20(19)25(4,5)22(29)27-21/h6-9,12,15-16H,10-11,13-14H2,1-5H3,(H,26,27,29). The Kier molecular flexibility index (Phi) is 5.28. The molecule has 0 bridgehead atoms. The molecule has 3 heterocycles. The Morgan fingerprint density at radius 2 is 1.90 bits per heavy atom. The minimum absolute atomic E-state index is 0.0203. The quantitative estimate of drug-likeness (QED) is 0.733. The summed E-state index contributed by atoms with van der Waals surface area (Å²) in [7, 11) is 0. The lowest BCUT2D eigenvalue weighted by atomic mass is 9.81. The molecule has 2 aliphatic heterocycles. The molecule has 6 nitrogen and oxygen atoms in total. The Balaban J connectivity index is 1.54. The van der Waals surface area contributed by atoms with Crippen molar-refractivity contribution >= 4 is 17.8 Å². The minimum Gasteiger partial charge on any atom is -0.444 e. The van der Waals surface area contributed by atoms with E-state index in [1.165, 1.54) is 5.56 Å². The van der Waals surface area contributed by atoms with Crippen LogP contribution in [0.3, 0.4) is 0 Å². The molecular weight excluding hydrogens is 390 g/mol. The van der Waals surface area contributed by atoms with Gasteiger partial charge in [0, 0.05) is 24.8 Å². The first-order chi connectivity index (χ1) is 14.6. The number of fused-ring (bicyclic) bond motifs is 1. The second-order valence-electron chi connectivity index (χ2n) is 10.0. The number of ether oxygens (including phenoxy) is 1. The van der Waals surface area contributed by atoms with E-state index < -0.39 is 11.0 Å². The molecule has 1 saturated heterocycles. The number of aromatic nitrogens is 1. The fourth-order valence-corrected chi connectivity index (χ4v) is 4.49. The number of amides is 2. The van der Waals surface area contributed by atoms with Crippen molar-refractivity contribution in [3.8, 4) is 11.1 Å². The van der Waals surface area contributed by atoms with Crippen LogP contribution in [0.5, 0.6) is 0 Å². The van der Waals surface area contributed by atoms with Crippen LogP contribution in [0, 0.1) is 0 Å². The van der Waals surface area contributed by atoms with E-state index in [4.69, 9.17) is 4.74 Å². The van der Waals surface area contributed by atoms with Gasteiger partial charge in [0.2, 0.25) is 5.91 Å². The predicted molar refractivity (Wildman–Crippen MR) is 121 cm³/mol. The lowest BCUT2D eigenvalue weighted by Gasteiger charge is -2.33. The summed E-state index contributed by atoms with van der Waals surface area (Å²) in [5.41, 5.74) is 3.26. The van der Waals surface area contributed by atoms with Gasteiger partial charge >= 0.3 is 6.09 Å². The van der Waals surface area contributed by atoms with Gasteiger partial charge in [0.05, 0.1) is 5.41 Å². The van der Waals surface area contributed by atoms with Crippen molar-refractivity contribution in [3.63, 3.8) is 0 Å². The van der Waals surface area contributed by atoms with Gasteiger partial charge in [0.25, 0.3) is 0 Å². The Morgan fingerprint density at radius 1 is 1.19 bits per heavy atom. The minimum atomic E-state index is -0.617. The summed E-state index contributed by atoms with van der Waals surface area (Å²) in [6.07, 6.45) is 3.33. The highest BCUT2D eigenvalue weighted by Crippen LogP contribution is 2.43. The van der Waals surface area contributed by atoms with E-state index in [0.717, 1.165) is 29.5 Å². The number of pyridine rings is 1. The van der Waals surface area contributed by atoms with E-state index in [9.17, 15) is 9.59 Å². The smallest absolute Gasteiger partial charge is 0.410 e. The number of likely N-dealkylation sites (tertiary alicyclic amines) is 1. The molecule has 0 atom stereocenters. The average Bonchev–Trinajstić information content (AvgIpc) is 2.95. The van der Waals surface area contributed by atoms with Gasteiger partial charge in [-0.25, -0.2) is 9.78 Å². The van der Waals surface area contributed by atoms with Crippen molar-refractivity contribution in [2.24, 2.45) is 0 Å². The molecule has 164 valence electrons. The predicted octanol–water partition coefficient (Wildman–Crippen LogP) is 5.09. The van der Waals surface area contributed by atoms with Crippen LogP contribution in [-0.4, -0.2) is 40.6 Å². The molecule has 1 N–H and O–H groups in total. The SMILES string of the molecule is CC(C)(C)OC(=O)N1CCC(c2cccc(-c3ccnc4c3C(C)(C)C(=O)N4)c2)CC1. The third-order valence-corrected chi connectivity index (χ3v) is 6.19. The van der Waals surface area contributed by atoms with Crippen LogP contribution in [-0.2, 0) is 14.9 Å². The maximum absolute atomic E-state index is 12.4. The molecule has 1 aromatic heterocycles. The zero-order valence-electron chi connectivity index (χ0n) is 19.0. The topological polar surface area (TPSA) is 71.5 Å². The van der Waals surface area contributed by atoms with Gasteiger partial charge in [0.1, 0.15) is 11.4 Å². The first-order valence-corrected chi connectivity index (χ1v) is 11.0. The van der Waals surface area contributed by atoms with Gasteiger partial charge in [-0.3, -0.25) is 4.79 Å². The number of anilines is 1. The van der Waals surface area contributed by atoms with Crippen LogP contribution in [0.4, 0.5) is 10.6 Å². The van der Waals surface area contributed by atoms with E-state index in [2.05, 4.69) is 34.6 Å². The third-order valence-electron chi connectivity index (χ3n) is 6.19. The molecule has 0 spiro atoms. The molecular formula is C25H31N3O3. The van der Waals surface area contributed by atoms with Gasteiger partial charge in [-0.1, -0.05) is 24.3 Å². The normalized spacial score (nSPS) is 18.5. The second-order valence-corrected chi connectivity index (χ2v) is 10.0. The van der Waals surface area contributed by atoms with E-state index in [-0.39, 0.29) is 12.0 Å². The fourth-order valence-electron chi connectivity index (χ4n) is 4.49. The summed E-state index contributed by atoms with van der Waals surface area (Å²) in [6.45, 7) is 10.9. The molecule has 2 aliphatic rings. The van der Waals surface area contributed by atoms with Gasteiger partial charge in [-0.2, -0.15) is 0 Å². The number of hydrogen-bond donors (Lipinski definition) is 1. The zero-order chi connectivity index (χ0) is 22.4. The first-order valence-electron chi connectivity index (χ1n) is 11.0. The number of benzene rings is 1. The van der Waals surface area contributed by atoms with E-state index in [1.54, 1.807) is 11.1 Å². The summed E-state index contributed by atoms with van der Waals surface area (Å²) < 4.78 is 5.51. The summed E-state index contributed by atoms with van der Waals surface area (Å²) in [4.78, 5) is 31.0. The maximum atomic E-state index is 12.4. The Hall–Kier alpha value is -2.89. The van der Waals surface area contributed by atoms with Crippen molar-refractivity contribution < 1.29 is 14.3 Å². The zero-order valence-corrected chi connectivity index (χ0v) is 19.0. The molecule has 6 heteroatoms. The van der Waals surface area contributed by atoms with Gasteiger partial charge in [-0.05, 0) is 76.1 Å². The summed E-state index contributed by atoms with van der Waals surface area (Å²) >= 11 is 0. The van der Waals surface area contributed by atoms with Crippen LogP contribution in [0.25, 0.3) is 11.1 Å². The number of rotatable bonds is 2. The maximum Gasteiger partial charge on any atom is 0.410 e. The van der Waals surface area contributed by atoms with Crippen molar-refractivity contribution in [2.45, 2.75) is 64.4 Å². The highest BCUT2D eigenvalue weighted by atomic mass is 16.6. The second kappa shape index (κ2) is 7.66. The van der Waals surface area contributed by atoms with Gasteiger partial charge in [-0.15, -0.1) is 0 Å². The molecule has 4 rings (SSSR count). The van der Waals surface area contributed by atoms with Crippen molar-refractivity contribution in [1.29, 1.82) is 0 Å². The largest absolute Gasteiger partial charge is 0.444 e. The number of nitrogens with one attached hydrogen (secondary N) is 1. The molecule has 0 radical (unpaired) electrons. The number of carbonyl (C=O) groups is 2.